The van der Waals surface area contributed by atoms with Gasteiger partial charge in [0.15, 0.2) is 5.82 Å². The molecule has 0 unspecified atom stereocenters. The van der Waals surface area contributed by atoms with Crippen LogP contribution in [0.1, 0.15) is 0 Å². The molecule has 0 radical (unpaired) electrons. The first-order valence-corrected chi connectivity index (χ1v) is 9.36. The lowest BCUT2D eigenvalue weighted by Gasteiger charge is -2.37. The van der Waals surface area contributed by atoms with Crippen molar-refractivity contribution in [3.63, 3.8) is 0 Å². The Morgan fingerprint density at radius 2 is 1.93 bits per heavy atom. The van der Waals surface area contributed by atoms with Crippen molar-refractivity contribution in [1.29, 1.82) is 0 Å². The zero-order valence-electron chi connectivity index (χ0n) is 15.4. The van der Waals surface area contributed by atoms with Crippen molar-refractivity contribution in [3.8, 4) is 22.8 Å². The second-order valence-corrected chi connectivity index (χ2v) is 7.24. The summed E-state index contributed by atoms with van der Waals surface area (Å²) >= 11 is 0. The Morgan fingerprint density at radius 1 is 1.00 bits per heavy atom. The van der Waals surface area contributed by atoms with E-state index in [1.807, 2.05) is 18.2 Å². The molecule has 1 aromatic carbocycles. The van der Waals surface area contributed by atoms with Gasteiger partial charge in [0.2, 0.25) is 0 Å². The second kappa shape index (κ2) is 6.08. The number of benzene rings is 1. The van der Waals surface area contributed by atoms with E-state index in [0.717, 1.165) is 57.8 Å². The van der Waals surface area contributed by atoms with Crippen LogP contribution in [-0.2, 0) is 0 Å². The highest BCUT2D eigenvalue weighted by Gasteiger charge is 2.24. The van der Waals surface area contributed by atoms with Crippen molar-refractivity contribution < 1.29 is 0 Å². The van der Waals surface area contributed by atoms with E-state index in [0.29, 0.717) is 5.82 Å². The number of imidazole rings is 1. The maximum atomic E-state index is 5.89. The van der Waals surface area contributed by atoms with Crippen molar-refractivity contribution >= 4 is 27.8 Å². The van der Waals surface area contributed by atoms with Gasteiger partial charge in [0.1, 0.15) is 11.5 Å². The van der Waals surface area contributed by atoms with E-state index >= 15 is 0 Å². The summed E-state index contributed by atoms with van der Waals surface area (Å²) in [7, 11) is 0. The number of aromatic nitrogens is 7. The van der Waals surface area contributed by atoms with E-state index in [2.05, 4.69) is 41.1 Å². The highest BCUT2D eigenvalue weighted by Crippen LogP contribution is 2.30. The van der Waals surface area contributed by atoms with Gasteiger partial charge in [-0.3, -0.25) is 15.1 Å². The minimum absolute atomic E-state index is 0.212. The van der Waals surface area contributed by atoms with Crippen LogP contribution in [-0.4, -0.2) is 54.2 Å². The molecule has 0 bridgehead atoms. The Kier molecular flexibility index (Phi) is 3.38. The molecule has 1 saturated heterocycles. The summed E-state index contributed by atoms with van der Waals surface area (Å²) in [5, 5.41) is 8.52. The van der Waals surface area contributed by atoms with Crippen molar-refractivity contribution in [2.45, 2.75) is 6.04 Å². The lowest BCUT2D eigenvalue weighted by molar-refractivity contribution is 0.514. The Labute approximate surface area is 165 Å². The molecule has 4 N–H and O–H groups in total. The Morgan fingerprint density at radius 3 is 2.79 bits per heavy atom. The Balaban J connectivity index is 1.43. The predicted molar refractivity (Wildman–Crippen MR) is 110 cm³/mol. The third-order valence-corrected chi connectivity index (χ3v) is 5.22. The topological polar surface area (TPSA) is 125 Å². The van der Waals surface area contributed by atoms with Crippen molar-refractivity contribution in [2.75, 3.05) is 18.0 Å². The van der Waals surface area contributed by atoms with Crippen LogP contribution in [0.5, 0.6) is 0 Å². The smallest absolute Gasteiger partial charge is 0.159 e. The molecular formula is C20H17N9. The molecule has 0 amide bonds. The average molecular weight is 383 g/mol. The van der Waals surface area contributed by atoms with Crippen LogP contribution in [0.4, 0.5) is 5.82 Å². The van der Waals surface area contributed by atoms with E-state index < -0.39 is 0 Å². The van der Waals surface area contributed by atoms with Crippen LogP contribution in [0.25, 0.3) is 44.7 Å². The van der Waals surface area contributed by atoms with Gasteiger partial charge in [-0.1, -0.05) is 6.07 Å². The molecule has 1 fully saturated rings. The molecule has 1 aliphatic heterocycles. The number of H-pyrrole nitrogens is 2. The first-order valence-electron chi connectivity index (χ1n) is 9.36. The maximum absolute atomic E-state index is 5.89. The van der Waals surface area contributed by atoms with Gasteiger partial charge in [-0.05, 0) is 18.2 Å². The van der Waals surface area contributed by atoms with Crippen LogP contribution < -0.4 is 10.6 Å². The molecule has 6 rings (SSSR count). The fraction of sp³-hybridized carbons (Fsp3) is 0.150. The summed E-state index contributed by atoms with van der Waals surface area (Å²) in [6.45, 7) is 1.62. The van der Waals surface area contributed by atoms with Gasteiger partial charge in [-0.25, -0.2) is 9.97 Å². The molecule has 0 saturated carbocycles. The maximum Gasteiger partial charge on any atom is 0.159 e. The molecular weight excluding hydrogens is 366 g/mol. The summed E-state index contributed by atoms with van der Waals surface area (Å²) in [6.07, 6.45) is 7.04. The first-order chi connectivity index (χ1) is 14.2. The third kappa shape index (κ3) is 2.63. The second-order valence-electron chi connectivity index (χ2n) is 7.24. The van der Waals surface area contributed by atoms with Gasteiger partial charge < -0.3 is 15.6 Å². The summed E-state index contributed by atoms with van der Waals surface area (Å²) in [5.74, 6) is 1.55. The number of nitrogens with one attached hydrogen (secondary N) is 2. The Bertz CT molecular complexity index is 1310. The normalized spacial score (nSPS) is 14.6. The average Bonchev–Trinajstić information content (AvgIpc) is 3.34. The number of hydrogen-bond donors (Lipinski definition) is 3. The van der Waals surface area contributed by atoms with Gasteiger partial charge in [0, 0.05) is 36.3 Å². The quantitative estimate of drug-likeness (QED) is 0.436. The summed E-state index contributed by atoms with van der Waals surface area (Å²) < 4.78 is 0. The molecule has 0 spiro atoms. The highest BCUT2D eigenvalue weighted by atomic mass is 15.3. The molecule has 9 heteroatoms. The SMILES string of the molecule is NC1CN(c2cncc(-c3ccc4[nH]nc(-c5nc6ccncc6[nH]5)c4c3)n2)C1. The monoisotopic (exact) mass is 383 g/mol. The zero-order chi connectivity index (χ0) is 19.4. The highest BCUT2D eigenvalue weighted by molar-refractivity contribution is 5.95. The molecule has 1 aliphatic rings. The third-order valence-electron chi connectivity index (χ3n) is 5.22. The van der Waals surface area contributed by atoms with Gasteiger partial charge in [0.05, 0.1) is 40.8 Å². The number of fused-ring (bicyclic) bond motifs is 2. The standard InChI is InChI=1S/C20H17N9/c21-12-9-29(10-12)18-8-23-6-16(24-18)11-1-2-14-13(5-11)19(28-27-14)20-25-15-3-4-22-7-17(15)26-20/h1-8,12H,9-10,21H2,(H,25,26)(H,27,28). The largest absolute Gasteiger partial charge is 0.352 e. The fourth-order valence-electron chi connectivity index (χ4n) is 3.67. The number of rotatable bonds is 3. The van der Waals surface area contributed by atoms with Crippen LogP contribution in [0.3, 0.4) is 0 Å². The minimum atomic E-state index is 0.212. The van der Waals surface area contributed by atoms with Gasteiger partial charge >= 0.3 is 0 Å². The summed E-state index contributed by atoms with van der Waals surface area (Å²) in [6, 6.07) is 8.17. The van der Waals surface area contributed by atoms with E-state index in [1.54, 1.807) is 24.8 Å². The molecule has 0 atom stereocenters. The van der Waals surface area contributed by atoms with Crippen LogP contribution in [0.15, 0.2) is 49.1 Å². The number of pyridine rings is 1. The van der Waals surface area contributed by atoms with Gasteiger partial charge in [0.25, 0.3) is 0 Å². The molecule has 4 aromatic heterocycles. The van der Waals surface area contributed by atoms with E-state index in [-0.39, 0.29) is 6.04 Å². The van der Waals surface area contributed by atoms with Crippen molar-refractivity contribution in [2.24, 2.45) is 5.73 Å². The predicted octanol–water partition coefficient (Wildman–Crippen LogP) is 2.11. The summed E-state index contributed by atoms with van der Waals surface area (Å²) in [4.78, 5) is 23.3. The van der Waals surface area contributed by atoms with E-state index in [1.165, 1.54) is 0 Å². The number of hydrogen-bond acceptors (Lipinski definition) is 7. The summed E-state index contributed by atoms with van der Waals surface area (Å²) in [5.41, 5.74) is 11.1. The van der Waals surface area contributed by atoms with Crippen molar-refractivity contribution in [1.82, 2.24) is 35.1 Å². The van der Waals surface area contributed by atoms with Crippen molar-refractivity contribution in [3.05, 3.63) is 49.1 Å². The van der Waals surface area contributed by atoms with Crippen LogP contribution in [0, 0.1) is 0 Å². The number of anilines is 1. The Hall–Kier alpha value is -3.85. The number of aromatic amines is 2. The minimum Gasteiger partial charge on any atom is -0.352 e. The zero-order valence-corrected chi connectivity index (χ0v) is 15.4. The van der Waals surface area contributed by atoms with Gasteiger partial charge in [-0.15, -0.1) is 0 Å². The van der Waals surface area contributed by atoms with E-state index in [9.17, 15) is 0 Å². The number of nitrogens with zero attached hydrogens (tertiary/aromatic N) is 6. The molecule has 5 heterocycles. The molecule has 29 heavy (non-hydrogen) atoms. The molecule has 9 nitrogen and oxygen atoms in total. The lowest BCUT2D eigenvalue weighted by Crippen LogP contribution is -2.56. The van der Waals surface area contributed by atoms with Crippen LogP contribution in [0.2, 0.25) is 0 Å². The first kappa shape index (κ1) is 16.1. The lowest BCUT2D eigenvalue weighted by atomic mass is 10.1. The molecule has 142 valence electrons. The van der Waals surface area contributed by atoms with Gasteiger partial charge in [-0.2, -0.15) is 5.10 Å². The molecule has 5 aromatic rings. The fourth-order valence-corrected chi connectivity index (χ4v) is 3.67. The van der Waals surface area contributed by atoms with E-state index in [4.69, 9.17) is 10.7 Å². The number of nitrogens with two attached hydrogens (primary N) is 1. The molecule has 0 aliphatic carbocycles. The van der Waals surface area contributed by atoms with Crippen LogP contribution >= 0.6 is 0 Å².